The number of halogens is 1. The van der Waals surface area contributed by atoms with Gasteiger partial charge in [0.1, 0.15) is 12.6 Å². The summed E-state index contributed by atoms with van der Waals surface area (Å²) < 4.78 is 27.5. The lowest BCUT2D eigenvalue weighted by Crippen LogP contribution is -2.54. The molecule has 212 valence electrons. The summed E-state index contributed by atoms with van der Waals surface area (Å²) in [6.45, 7) is 1.71. The molecule has 0 radical (unpaired) electrons. The zero-order valence-electron chi connectivity index (χ0n) is 22.9. The van der Waals surface area contributed by atoms with E-state index in [0.29, 0.717) is 16.6 Å². The highest BCUT2D eigenvalue weighted by molar-refractivity contribution is 9.10. The summed E-state index contributed by atoms with van der Waals surface area (Å²) in [6, 6.07) is 23.5. The van der Waals surface area contributed by atoms with Crippen LogP contribution in [-0.4, -0.2) is 50.0 Å². The van der Waals surface area contributed by atoms with E-state index in [2.05, 4.69) is 21.2 Å². The predicted molar refractivity (Wildman–Crippen MR) is 162 cm³/mol. The number of carbonyl (C=O) groups is 2. The van der Waals surface area contributed by atoms with Gasteiger partial charge in [0.05, 0.1) is 11.9 Å². The molecule has 1 fully saturated rings. The maximum absolute atomic E-state index is 14.2. The second kappa shape index (κ2) is 13.5. The van der Waals surface area contributed by atoms with Crippen LogP contribution >= 0.6 is 15.9 Å². The minimum Gasteiger partial charge on any atom is -0.352 e. The molecule has 1 aliphatic carbocycles. The Morgan fingerprint density at radius 1 is 0.950 bits per heavy atom. The summed E-state index contributed by atoms with van der Waals surface area (Å²) in [6.07, 6.45) is 5.35. The van der Waals surface area contributed by atoms with E-state index in [0.717, 1.165) is 52.9 Å². The van der Waals surface area contributed by atoms with Gasteiger partial charge in [-0.15, -0.1) is 0 Å². The van der Waals surface area contributed by atoms with Crippen LogP contribution in [0.5, 0.6) is 0 Å². The van der Waals surface area contributed by atoms with Crippen molar-refractivity contribution in [3.05, 3.63) is 100 Å². The van der Waals surface area contributed by atoms with E-state index >= 15 is 0 Å². The van der Waals surface area contributed by atoms with Gasteiger partial charge in [0, 0.05) is 23.5 Å². The summed E-state index contributed by atoms with van der Waals surface area (Å²) in [7, 11) is -3.82. The van der Waals surface area contributed by atoms with Crippen molar-refractivity contribution < 1.29 is 18.0 Å². The Bertz CT molecular complexity index is 1430. The highest BCUT2D eigenvalue weighted by Crippen LogP contribution is 2.28. The van der Waals surface area contributed by atoms with Crippen LogP contribution in [0.1, 0.15) is 42.4 Å². The SMILES string of the molecule is Cc1cccc(CN(C(=O)CN(c2ccccc2Br)S(C)(=O)=O)C(Cc2ccccc2)C(=O)NC2CCCC2)c1. The van der Waals surface area contributed by atoms with E-state index < -0.39 is 28.5 Å². The number of amides is 2. The zero-order valence-corrected chi connectivity index (χ0v) is 25.3. The van der Waals surface area contributed by atoms with Crippen LogP contribution in [0.25, 0.3) is 0 Å². The Balaban J connectivity index is 1.73. The van der Waals surface area contributed by atoms with Gasteiger partial charge in [-0.1, -0.05) is 85.1 Å². The number of anilines is 1. The summed E-state index contributed by atoms with van der Waals surface area (Å²) in [4.78, 5) is 29.6. The minimum atomic E-state index is -3.82. The number of rotatable bonds is 11. The van der Waals surface area contributed by atoms with E-state index in [1.807, 2.05) is 61.5 Å². The molecule has 0 bridgehead atoms. The van der Waals surface area contributed by atoms with Gasteiger partial charge in [-0.05, 0) is 59.0 Å². The van der Waals surface area contributed by atoms with Crippen LogP contribution < -0.4 is 9.62 Å². The number of nitrogens with zero attached hydrogens (tertiary/aromatic N) is 2. The van der Waals surface area contributed by atoms with Gasteiger partial charge in [0.2, 0.25) is 21.8 Å². The first-order valence-electron chi connectivity index (χ1n) is 13.5. The molecule has 0 spiro atoms. The van der Waals surface area contributed by atoms with Crippen LogP contribution in [0.15, 0.2) is 83.3 Å². The van der Waals surface area contributed by atoms with Gasteiger partial charge in [0.25, 0.3) is 0 Å². The average Bonchev–Trinajstić information content (AvgIpc) is 3.43. The highest BCUT2D eigenvalue weighted by Gasteiger charge is 2.34. The van der Waals surface area contributed by atoms with Gasteiger partial charge in [-0.2, -0.15) is 0 Å². The van der Waals surface area contributed by atoms with Gasteiger partial charge in [-0.25, -0.2) is 8.42 Å². The summed E-state index contributed by atoms with van der Waals surface area (Å²) in [5, 5.41) is 3.18. The second-order valence-corrected chi connectivity index (χ2v) is 13.2. The predicted octanol–water partition coefficient (Wildman–Crippen LogP) is 5.22. The van der Waals surface area contributed by atoms with Gasteiger partial charge >= 0.3 is 0 Å². The van der Waals surface area contributed by atoms with Crippen LogP contribution in [0.2, 0.25) is 0 Å². The zero-order chi connectivity index (χ0) is 28.7. The van der Waals surface area contributed by atoms with E-state index in [1.54, 1.807) is 29.2 Å². The van der Waals surface area contributed by atoms with Crippen LogP contribution in [0, 0.1) is 6.92 Å². The third-order valence-corrected chi connectivity index (χ3v) is 9.01. The Labute approximate surface area is 245 Å². The molecular weight excluding hydrogens is 590 g/mol. The Morgan fingerprint density at radius 3 is 2.25 bits per heavy atom. The molecule has 3 aromatic carbocycles. The number of carbonyl (C=O) groups excluding carboxylic acids is 2. The van der Waals surface area contributed by atoms with Gasteiger partial charge in [-0.3, -0.25) is 13.9 Å². The van der Waals surface area contributed by atoms with Crippen molar-refractivity contribution in [2.45, 2.75) is 57.7 Å². The smallest absolute Gasteiger partial charge is 0.244 e. The largest absolute Gasteiger partial charge is 0.352 e. The molecule has 2 amide bonds. The first kappa shape index (κ1) is 29.8. The Morgan fingerprint density at radius 2 is 1.60 bits per heavy atom. The van der Waals surface area contributed by atoms with Crippen LogP contribution in [0.3, 0.4) is 0 Å². The molecule has 0 aliphatic heterocycles. The minimum absolute atomic E-state index is 0.0782. The fourth-order valence-corrected chi connectivity index (χ4v) is 6.66. The molecule has 7 nitrogen and oxygen atoms in total. The fourth-order valence-electron chi connectivity index (χ4n) is 5.18. The maximum atomic E-state index is 14.2. The van der Waals surface area contributed by atoms with Gasteiger partial charge in [0.15, 0.2) is 0 Å². The van der Waals surface area contributed by atoms with Crippen molar-refractivity contribution in [3.8, 4) is 0 Å². The summed E-state index contributed by atoms with van der Waals surface area (Å²) in [5.74, 6) is -0.672. The second-order valence-electron chi connectivity index (χ2n) is 10.4. The maximum Gasteiger partial charge on any atom is 0.244 e. The molecule has 1 saturated carbocycles. The van der Waals surface area contributed by atoms with Gasteiger partial charge < -0.3 is 10.2 Å². The number of hydrogen-bond donors (Lipinski definition) is 1. The van der Waals surface area contributed by atoms with Crippen molar-refractivity contribution >= 4 is 43.5 Å². The number of benzene rings is 3. The fraction of sp³-hybridized carbons (Fsp3) is 0.355. The topological polar surface area (TPSA) is 86.8 Å². The lowest BCUT2D eigenvalue weighted by molar-refractivity contribution is -0.140. The standard InChI is InChI=1S/C31H36BrN3O4S/c1-23-11-10-14-25(19-23)21-34(30(36)22-35(40(2,38)39)28-18-9-8-17-27(28)32)29(20-24-12-4-3-5-13-24)31(37)33-26-15-6-7-16-26/h3-5,8-14,17-19,26,29H,6-7,15-16,20-22H2,1-2H3,(H,33,37). The molecule has 1 aliphatic rings. The molecule has 0 heterocycles. The number of aryl methyl sites for hydroxylation is 1. The molecule has 0 aromatic heterocycles. The molecule has 40 heavy (non-hydrogen) atoms. The molecule has 0 saturated heterocycles. The summed E-state index contributed by atoms with van der Waals surface area (Å²) in [5.41, 5.74) is 3.18. The van der Waals surface area contributed by atoms with E-state index in [-0.39, 0.29) is 18.5 Å². The molecule has 4 rings (SSSR count). The third kappa shape index (κ3) is 7.95. The number of hydrogen-bond acceptors (Lipinski definition) is 4. The van der Waals surface area contributed by atoms with Crippen molar-refractivity contribution in [1.29, 1.82) is 0 Å². The number of nitrogens with one attached hydrogen (secondary N) is 1. The highest BCUT2D eigenvalue weighted by atomic mass is 79.9. The number of para-hydroxylation sites is 1. The van der Waals surface area contributed by atoms with E-state index in [4.69, 9.17) is 0 Å². The average molecular weight is 627 g/mol. The van der Waals surface area contributed by atoms with Crippen molar-refractivity contribution in [2.75, 3.05) is 17.1 Å². The van der Waals surface area contributed by atoms with Crippen molar-refractivity contribution in [1.82, 2.24) is 10.2 Å². The van der Waals surface area contributed by atoms with Crippen LogP contribution in [-0.2, 0) is 32.6 Å². The third-order valence-electron chi connectivity index (χ3n) is 7.21. The first-order chi connectivity index (χ1) is 19.1. The van der Waals surface area contributed by atoms with Crippen LogP contribution in [0.4, 0.5) is 5.69 Å². The molecule has 9 heteroatoms. The summed E-state index contributed by atoms with van der Waals surface area (Å²) >= 11 is 3.43. The lowest BCUT2D eigenvalue weighted by Gasteiger charge is -2.34. The molecular formula is C31H36BrN3O4S. The normalized spacial score (nSPS) is 14.5. The molecule has 1 N–H and O–H groups in total. The van der Waals surface area contributed by atoms with E-state index in [9.17, 15) is 18.0 Å². The monoisotopic (exact) mass is 625 g/mol. The Hall–Kier alpha value is -3.17. The lowest BCUT2D eigenvalue weighted by atomic mass is 10.0. The van der Waals surface area contributed by atoms with Crippen molar-refractivity contribution in [2.24, 2.45) is 0 Å². The molecule has 3 aromatic rings. The number of sulfonamides is 1. The van der Waals surface area contributed by atoms with E-state index in [1.165, 1.54) is 0 Å². The Kier molecular flexibility index (Phi) is 10.0. The first-order valence-corrected chi connectivity index (χ1v) is 16.2. The molecule has 1 unspecified atom stereocenters. The van der Waals surface area contributed by atoms with Crippen molar-refractivity contribution in [3.63, 3.8) is 0 Å². The quantitative estimate of drug-likeness (QED) is 0.316. The molecule has 1 atom stereocenters.